The van der Waals surface area contributed by atoms with Crippen molar-refractivity contribution in [3.05, 3.63) is 35.4 Å². The van der Waals surface area contributed by atoms with Crippen LogP contribution in [-0.2, 0) is 11.3 Å². The van der Waals surface area contributed by atoms with E-state index in [1.54, 1.807) is 0 Å². The Morgan fingerprint density at radius 1 is 1.07 bits per heavy atom. The molecule has 1 unspecified atom stereocenters. The van der Waals surface area contributed by atoms with E-state index in [0.717, 1.165) is 70.9 Å². The summed E-state index contributed by atoms with van der Waals surface area (Å²) >= 11 is 0. The van der Waals surface area contributed by atoms with Gasteiger partial charge in [-0.05, 0) is 75.4 Å². The molecule has 0 bridgehead atoms. The van der Waals surface area contributed by atoms with E-state index in [0.29, 0.717) is 18.0 Å². The van der Waals surface area contributed by atoms with Crippen molar-refractivity contribution in [2.24, 2.45) is 5.41 Å². The number of rotatable bonds is 3. The summed E-state index contributed by atoms with van der Waals surface area (Å²) in [5.41, 5.74) is 0.896. The van der Waals surface area contributed by atoms with Gasteiger partial charge in [0, 0.05) is 32.2 Å². The lowest BCUT2D eigenvalue weighted by molar-refractivity contribution is -0.134. The highest BCUT2D eigenvalue weighted by Gasteiger charge is 2.47. The average Bonchev–Trinajstić information content (AvgIpc) is 3.24. The summed E-state index contributed by atoms with van der Waals surface area (Å²) in [6.45, 7) is 5.20. The fourth-order valence-electron chi connectivity index (χ4n) is 5.20. The average molecular weight is 377 g/mol. The van der Waals surface area contributed by atoms with Crippen molar-refractivity contribution in [3.8, 4) is 0 Å². The van der Waals surface area contributed by atoms with Crippen LogP contribution in [0.5, 0.6) is 0 Å². The van der Waals surface area contributed by atoms with E-state index in [2.05, 4.69) is 16.8 Å². The van der Waals surface area contributed by atoms with Crippen molar-refractivity contribution in [2.75, 3.05) is 39.8 Å². The second kappa shape index (κ2) is 7.47. The zero-order valence-electron chi connectivity index (χ0n) is 16.1. The van der Waals surface area contributed by atoms with Gasteiger partial charge in [-0.15, -0.1) is 0 Å². The first-order chi connectivity index (χ1) is 12.9. The molecule has 3 fully saturated rings. The molecule has 0 saturated carbocycles. The Morgan fingerprint density at radius 3 is 2.33 bits per heavy atom. The lowest BCUT2D eigenvalue weighted by Crippen LogP contribution is -2.42. The van der Waals surface area contributed by atoms with Gasteiger partial charge in [0.25, 0.3) is 0 Å². The Labute approximate surface area is 160 Å². The highest BCUT2D eigenvalue weighted by atomic mass is 19.1. The van der Waals surface area contributed by atoms with Gasteiger partial charge in [-0.1, -0.05) is 0 Å². The third-order valence-electron chi connectivity index (χ3n) is 6.69. The number of likely N-dealkylation sites (N-methyl/N-ethyl adjacent to an activating group) is 1. The molecule has 1 aromatic rings. The zero-order chi connectivity index (χ0) is 19.0. The smallest absolute Gasteiger partial charge is 0.239 e. The molecule has 148 valence electrons. The molecule has 0 radical (unpaired) electrons. The molecule has 3 heterocycles. The summed E-state index contributed by atoms with van der Waals surface area (Å²) in [7, 11) is 2.08. The van der Waals surface area contributed by atoms with E-state index >= 15 is 0 Å². The monoisotopic (exact) mass is 377 g/mol. The lowest BCUT2D eigenvalue weighted by atomic mass is 9.76. The van der Waals surface area contributed by atoms with Crippen molar-refractivity contribution >= 4 is 5.91 Å². The van der Waals surface area contributed by atoms with E-state index in [1.165, 1.54) is 12.1 Å². The third-order valence-corrected chi connectivity index (χ3v) is 6.69. The minimum atomic E-state index is -0.515. The number of likely N-dealkylation sites (tertiary alicyclic amines) is 3. The maximum absolute atomic E-state index is 13.4. The first-order valence-electron chi connectivity index (χ1n) is 10.1. The molecule has 4 nitrogen and oxygen atoms in total. The van der Waals surface area contributed by atoms with Crippen LogP contribution in [0.3, 0.4) is 0 Å². The van der Waals surface area contributed by atoms with Gasteiger partial charge >= 0.3 is 0 Å². The van der Waals surface area contributed by atoms with Crippen molar-refractivity contribution in [3.63, 3.8) is 0 Å². The van der Waals surface area contributed by atoms with Crippen LogP contribution in [-0.4, -0.2) is 66.4 Å². The topological polar surface area (TPSA) is 26.8 Å². The van der Waals surface area contributed by atoms with Crippen LogP contribution in [0.4, 0.5) is 8.78 Å². The molecule has 3 saturated heterocycles. The second-order valence-corrected chi connectivity index (χ2v) is 8.72. The maximum atomic E-state index is 13.4. The molecule has 1 aromatic carbocycles. The summed E-state index contributed by atoms with van der Waals surface area (Å²) in [6.07, 6.45) is 5.28. The molecule has 1 amide bonds. The van der Waals surface area contributed by atoms with Gasteiger partial charge in [0.1, 0.15) is 11.6 Å². The number of hydrogen-bond donors (Lipinski definition) is 0. The number of amides is 1. The SMILES string of the molecule is CN1CC2(CCN(Cc3cc(F)cc(F)c3)CC2)CC1C(=O)N1CCCC1. The van der Waals surface area contributed by atoms with Crippen molar-refractivity contribution < 1.29 is 13.6 Å². The molecule has 0 N–H and O–H groups in total. The number of nitrogens with zero attached hydrogens (tertiary/aromatic N) is 3. The van der Waals surface area contributed by atoms with Crippen LogP contribution in [0.1, 0.15) is 37.7 Å². The molecule has 6 heteroatoms. The Morgan fingerprint density at radius 2 is 1.70 bits per heavy atom. The number of hydrogen-bond acceptors (Lipinski definition) is 3. The number of halogens is 2. The van der Waals surface area contributed by atoms with E-state index in [-0.39, 0.29) is 11.5 Å². The van der Waals surface area contributed by atoms with Crippen molar-refractivity contribution in [2.45, 2.75) is 44.7 Å². The molecule has 27 heavy (non-hydrogen) atoms. The number of carbonyl (C=O) groups is 1. The van der Waals surface area contributed by atoms with Gasteiger partial charge in [-0.2, -0.15) is 0 Å². The molecule has 0 aliphatic carbocycles. The van der Waals surface area contributed by atoms with Gasteiger partial charge in [-0.25, -0.2) is 8.78 Å². The molecule has 0 aromatic heterocycles. The highest BCUT2D eigenvalue weighted by molar-refractivity contribution is 5.82. The van der Waals surface area contributed by atoms with E-state index in [1.807, 2.05) is 4.90 Å². The van der Waals surface area contributed by atoms with Crippen LogP contribution >= 0.6 is 0 Å². The van der Waals surface area contributed by atoms with Gasteiger partial charge in [-0.3, -0.25) is 14.6 Å². The number of carbonyl (C=O) groups excluding carboxylic acids is 1. The summed E-state index contributed by atoms with van der Waals surface area (Å²) in [5.74, 6) is -0.720. The molecule has 4 rings (SSSR count). The Hall–Kier alpha value is -1.53. The largest absolute Gasteiger partial charge is 0.341 e. The summed E-state index contributed by atoms with van der Waals surface area (Å²) < 4.78 is 26.8. The van der Waals surface area contributed by atoms with Crippen LogP contribution in [0.15, 0.2) is 18.2 Å². The highest BCUT2D eigenvalue weighted by Crippen LogP contribution is 2.43. The van der Waals surface area contributed by atoms with E-state index < -0.39 is 11.6 Å². The minimum absolute atomic E-state index is 0.0203. The van der Waals surface area contributed by atoms with Gasteiger partial charge in [0.2, 0.25) is 5.91 Å². The van der Waals surface area contributed by atoms with E-state index in [9.17, 15) is 13.6 Å². The number of benzene rings is 1. The summed E-state index contributed by atoms with van der Waals surface area (Å²) in [5, 5.41) is 0. The Balaban J connectivity index is 1.35. The van der Waals surface area contributed by atoms with Crippen molar-refractivity contribution in [1.29, 1.82) is 0 Å². The predicted molar refractivity (Wildman–Crippen MR) is 100 cm³/mol. The quantitative estimate of drug-likeness (QED) is 0.811. The molecule has 1 atom stereocenters. The van der Waals surface area contributed by atoms with Crippen LogP contribution in [0, 0.1) is 17.0 Å². The number of piperidine rings is 1. The lowest BCUT2D eigenvalue weighted by Gasteiger charge is -2.39. The van der Waals surface area contributed by atoms with Gasteiger partial charge < -0.3 is 4.90 Å². The Bertz CT molecular complexity index is 676. The zero-order valence-corrected chi connectivity index (χ0v) is 16.1. The summed E-state index contributed by atoms with van der Waals surface area (Å²) in [4.78, 5) is 19.4. The minimum Gasteiger partial charge on any atom is -0.341 e. The third kappa shape index (κ3) is 4.02. The van der Waals surface area contributed by atoms with E-state index in [4.69, 9.17) is 0 Å². The standard InChI is InChI=1S/C21H29F2N3O/c1-24-15-21(13-19(24)20(27)26-6-2-3-7-26)4-8-25(9-5-21)14-16-10-17(22)12-18(23)11-16/h10-12,19H,2-9,13-15H2,1H3. The summed E-state index contributed by atoms with van der Waals surface area (Å²) in [6, 6.07) is 3.77. The first kappa shape index (κ1) is 18.8. The van der Waals surface area contributed by atoms with Gasteiger partial charge in [0.05, 0.1) is 6.04 Å². The fourth-order valence-corrected chi connectivity index (χ4v) is 5.20. The normalized spacial score (nSPS) is 26.2. The maximum Gasteiger partial charge on any atom is 0.239 e. The van der Waals surface area contributed by atoms with Crippen molar-refractivity contribution in [1.82, 2.24) is 14.7 Å². The van der Waals surface area contributed by atoms with Crippen LogP contribution < -0.4 is 0 Å². The molecular weight excluding hydrogens is 348 g/mol. The molecule has 3 aliphatic heterocycles. The second-order valence-electron chi connectivity index (χ2n) is 8.72. The predicted octanol–water partition coefficient (Wildman–Crippen LogP) is 2.87. The van der Waals surface area contributed by atoms with Crippen LogP contribution in [0.25, 0.3) is 0 Å². The molecule has 3 aliphatic rings. The van der Waals surface area contributed by atoms with Crippen LogP contribution in [0.2, 0.25) is 0 Å². The molecule has 1 spiro atoms. The van der Waals surface area contributed by atoms with Gasteiger partial charge in [0.15, 0.2) is 0 Å². The fraction of sp³-hybridized carbons (Fsp3) is 0.667. The molecular formula is C21H29F2N3O. The first-order valence-corrected chi connectivity index (χ1v) is 10.1. The Kier molecular flexibility index (Phi) is 5.21.